The van der Waals surface area contributed by atoms with Crippen LogP contribution in [0.5, 0.6) is 0 Å². The van der Waals surface area contributed by atoms with Crippen molar-refractivity contribution in [2.24, 2.45) is 5.92 Å². The molecular formula is C21H27N5O2. The molecule has 3 heterocycles. The van der Waals surface area contributed by atoms with Gasteiger partial charge >= 0.3 is 0 Å². The smallest absolute Gasteiger partial charge is 0.226 e. The summed E-state index contributed by atoms with van der Waals surface area (Å²) < 4.78 is 1.87. The van der Waals surface area contributed by atoms with Crippen molar-refractivity contribution in [2.45, 2.75) is 45.1 Å². The van der Waals surface area contributed by atoms with Crippen molar-refractivity contribution >= 4 is 22.8 Å². The second-order valence-electron chi connectivity index (χ2n) is 7.72. The molecule has 2 atom stereocenters. The zero-order valence-electron chi connectivity index (χ0n) is 16.3. The van der Waals surface area contributed by atoms with Crippen LogP contribution in [0.3, 0.4) is 0 Å². The molecule has 0 aromatic carbocycles. The van der Waals surface area contributed by atoms with Crippen molar-refractivity contribution < 1.29 is 9.59 Å². The van der Waals surface area contributed by atoms with Gasteiger partial charge in [-0.3, -0.25) is 9.59 Å². The predicted octanol–water partition coefficient (Wildman–Crippen LogP) is 2.24. The van der Waals surface area contributed by atoms with Gasteiger partial charge < -0.3 is 10.2 Å². The highest BCUT2D eigenvalue weighted by Gasteiger charge is 2.33. The van der Waals surface area contributed by atoms with Gasteiger partial charge in [-0.05, 0) is 37.8 Å². The van der Waals surface area contributed by atoms with E-state index < -0.39 is 0 Å². The molecule has 7 nitrogen and oxygen atoms in total. The lowest BCUT2D eigenvalue weighted by Crippen LogP contribution is -2.34. The monoisotopic (exact) mass is 381 g/mol. The van der Waals surface area contributed by atoms with E-state index in [0.29, 0.717) is 19.0 Å². The van der Waals surface area contributed by atoms with Crippen LogP contribution in [0.25, 0.3) is 11.0 Å². The number of allylic oxidation sites excluding steroid dienone is 2. The number of nitrogens with zero attached hydrogens (tertiary/aromatic N) is 4. The molecule has 148 valence electrons. The minimum atomic E-state index is -0.0489. The Hall–Kier alpha value is -2.70. The van der Waals surface area contributed by atoms with Gasteiger partial charge in [0.05, 0.1) is 12.2 Å². The van der Waals surface area contributed by atoms with Crippen molar-refractivity contribution in [1.82, 2.24) is 25.0 Å². The number of amides is 2. The molecule has 1 saturated heterocycles. The van der Waals surface area contributed by atoms with E-state index >= 15 is 0 Å². The summed E-state index contributed by atoms with van der Waals surface area (Å²) in [7, 11) is 0. The fourth-order valence-corrected chi connectivity index (χ4v) is 4.29. The highest BCUT2D eigenvalue weighted by molar-refractivity contribution is 5.81. The molecule has 1 N–H and O–H groups in total. The first-order valence-electron chi connectivity index (χ1n) is 10.1. The molecule has 0 unspecified atom stereocenters. The maximum atomic E-state index is 12.9. The van der Waals surface area contributed by atoms with Crippen LogP contribution >= 0.6 is 0 Å². The highest BCUT2D eigenvalue weighted by Crippen LogP contribution is 2.33. The van der Waals surface area contributed by atoms with Crippen LogP contribution < -0.4 is 5.32 Å². The molecule has 2 amide bonds. The lowest BCUT2D eigenvalue weighted by Gasteiger charge is -2.24. The van der Waals surface area contributed by atoms with Crippen LogP contribution in [0.4, 0.5) is 0 Å². The van der Waals surface area contributed by atoms with Gasteiger partial charge in [0, 0.05) is 50.0 Å². The summed E-state index contributed by atoms with van der Waals surface area (Å²) in [6, 6.07) is 3.98. The van der Waals surface area contributed by atoms with Crippen molar-refractivity contribution in [3.8, 4) is 0 Å². The van der Waals surface area contributed by atoms with Crippen LogP contribution in [0.2, 0.25) is 0 Å². The summed E-state index contributed by atoms with van der Waals surface area (Å²) in [6.07, 6.45) is 9.83. The number of nitrogens with one attached hydrogen (secondary N) is 1. The van der Waals surface area contributed by atoms with Gasteiger partial charge in [0.15, 0.2) is 5.65 Å². The third kappa shape index (κ3) is 3.79. The Kier molecular flexibility index (Phi) is 5.41. The second-order valence-corrected chi connectivity index (χ2v) is 7.72. The first kappa shape index (κ1) is 18.7. The van der Waals surface area contributed by atoms with Crippen LogP contribution in [-0.2, 0) is 16.1 Å². The maximum Gasteiger partial charge on any atom is 0.226 e. The first-order chi connectivity index (χ1) is 13.6. The molecule has 7 heteroatoms. The molecule has 0 saturated carbocycles. The summed E-state index contributed by atoms with van der Waals surface area (Å²) in [6.45, 7) is 4.14. The van der Waals surface area contributed by atoms with E-state index in [0.717, 1.165) is 55.5 Å². The summed E-state index contributed by atoms with van der Waals surface area (Å²) >= 11 is 0. The summed E-state index contributed by atoms with van der Waals surface area (Å²) in [4.78, 5) is 30.5. The second kappa shape index (κ2) is 8.12. The Morgan fingerprint density at radius 2 is 2.18 bits per heavy atom. The van der Waals surface area contributed by atoms with E-state index in [1.165, 1.54) is 6.92 Å². The van der Waals surface area contributed by atoms with E-state index in [1.807, 2.05) is 15.6 Å². The predicted molar refractivity (Wildman–Crippen MR) is 107 cm³/mol. The molecule has 28 heavy (non-hydrogen) atoms. The van der Waals surface area contributed by atoms with Crippen LogP contribution in [0.1, 0.15) is 44.2 Å². The molecule has 2 aliphatic rings. The van der Waals surface area contributed by atoms with Gasteiger partial charge in [0.1, 0.15) is 0 Å². The van der Waals surface area contributed by atoms with Crippen molar-refractivity contribution in [3.05, 3.63) is 36.2 Å². The van der Waals surface area contributed by atoms with Crippen LogP contribution in [0, 0.1) is 5.92 Å². The Bertz CT molecular complexity index is 903. The fourth-order valence-electron chi connectivity index (χ4n) is 4.29. The maximum absolute atomic E-state index is 12.9. The number of hydrogen-bond donors (Lipinski definition) is 1. The fraction of sp³-hybridized carbons (Fsp3) is 0.524. The lowest BCUT2D eigenvalue weighted by atomic mass is 9.93. The number of hydrogen-bond acceptors (Lipinski definition) is 4. The topological polar surface area (TPSA) is 80.1 Å². The van der Waals surface area contributed by atoms with E-state index in [2.05, 4.69) is 28.5 Å². The molecular weight excluding hydrogens is 354 g/mol. The number of pyridine rings is 1. The van der Waals surface area contributed by atoms with Crippen molar-refractivity contribution in [3.63, 3.8) is 0 Å². The first-order valence-corrected chi connectivity index (χ1v) is 10.1. The highest BCUT2D eigenvalue weighted by atomic mass is 16.2. The number of rotatable bonds is 5. The Morgan fingerprint density at radius 3 is 2.96 bits per heavy atom. The van der Waals surface area contributed by atoms with E-state index in [4.69, 9.17) is 5.10 Å². The molecule has 0 bridgehead atoms. The molecule has 2 aromatic heterocycles. The van der Waals surface area contributed by atoms with Crippen molar-refractivity contribution in [1.29, 1.82) is 0 Å². The summed E-state index contributed by atoms with van der Waals surface area (Å²) in [5.41, 5.74) is 1.86. The Morgan fingerprint density at radius 1 is 1.29 bits per heavy atom. The average molecular weight is 381 g/mol. The third-order valence-electron chi connectivity index (χ3n) is 5.74. The Labute approximate surface area is 164 Å². The minimum absolute atomic E-state index is 0.0489. The van der Waals surface area contributed by atoms with E-state index in [9.17, 15) is 9.59 Å². The van der Waals surface area contributed by atoms with Crippen LogP contribution in [-0.4, -0.2) is 51.1 Å². The van der Waals surface area contributed by atoms with Gasteiger partial charge in [0.25, 0.3) is 0 Å². The van der Waals surface area contributed by atoms with E-state index in [1.54, 1.807) is 6.20 Å². The molecule has 2 aromatic rings. The summed E-state index contributed by atoms with van der Waals surface area (Å²) in [5, 5.41) is 8.68. The molecule has 1 fully saturated rings. The van der Waals surface area contributed by atoms with Gasteiger partial charge in [-0.1, -0.05) is 12.2 Å². The quantitative estimate of drug-likeness (QED) is 0.806. The standard InChI is InChI=1S/C21H27N5O2/c1-15(27)22-11-13-26-20-18(8-5-10-23-20)19(24-26)17-9-12-25(14-17)21(28)16-6-3-2-4-7-16/h2-3,5,8,10,16-17H,4,6-7,9,11-14H2,1H3,(H,22,27)/t16-,17+/m1/s1. The zero-order chi connectivity index (χ0) is 19.5. The number of likely N-dealkylation sites (tertiary alicyclic amines) is 1. The third-order valence-corrected chi connectivity index (χ3v) is 5.74. The molecule has 1 aliphatic carbocycles. The van der Waals surface area contributed by atoms with Crippen LogP contribution in [0.15, 0.2) is 30.5 Å². The van der Waals surface area contributed by atoms with Crippen molar-refractivity contribution in [2.75, 3.05) is 19.6 Å². The average Bonchev–Trinajstić information content (AvgIpc) is 3.33. The van der Waals surface area contributed by atoms with Gasteiger partial charge in [-0.25, -0.2) is 9.67 Å². The summed E-state index contributed by atoms with van der Waals surface area (Å²) in [5.74, 6) is 0.612. The van der Waals surface area contributed by atoms with Gasteiger partial charge in [-0.15, -0.1) is 0 Å². The van der Waals surface area contributed by atoms with Gasteiger partial charge in [0.2, 0.25) is 11.8 Å². The van der Waals surface area contributed by atoms with Gasteiger partial charge in [-0.2, -0.15) is 5.10 Å². The van der Waals surface area contributed by atoms with E-state index in [-0.39, 0.29) is 17.7 Å². The number of carbonyl (C=O) groups is 2. The molecule has 1 aliphatic heterocycles. The normalized spacial score (nSPS) is 22.0. The molecule has 0 radical (unpaired) electrons. The number of fused-ring (bicyclic) bond motifs is 1. The number of aromatic nitrogens is 3. The molecule has 4 rings (SSSR count). The Balaban J connectivity index is 1.50. The minimum Gasteiger partial charge on any atom is -0.354 e. The number of carbonyl (C=O) groups excluding carboxylic acids is 2. The zero-order valence-corrected chi connectivity index (χ0v) is 16.3. The lowest BCUT2D eigenvalue weighted by molar-refractivity contribution is -0.134. The largest absolute Gasteiger partial charge is 0.354 e. The SMILES string of the molecule is CC(=O)NCCn1nc([C@H]2CCN(C(=O)[C@@H]3CC=CCC3)C2)c2cccnc21. The molecule has 0 spiro atoms.